The highest BCUT2D eigenvalue weighted by Gasteiger charge is 2.21. The van der Waals surface area contributed by atoms with Crippen LogP contribution in [-0.2, 0) is 4.79 Å². The molecule has 0 aliphatic rings. The van der Waals surface area contributed by atoms with Gasteiger partial charge >= 0.3 is 5.97 Å². The summed E-state index contributed by atoms with van der Waals surface area (Å²) < 4.78 is 0. The molecule has 1 heterocycles. The van der Waals surface area contributed by atoms with Crippen molar-refractivity contribution in [3.8, 4) is 0 Å². The van der Waals surface area contributed by atoms with Crippen LogP contribution in [0.2, 0.25) is 0 Å². The monoisotopic (exact) mass is 321 g/mol. The fraction of sp³-hybridized carbons (Fsp3) is 0.286. The van der Waals surface area contributed by atoms with Gasteiger partial charge in [0.05, 0.1) is 10.9 Å². The van der Waals surface area contributed by atoms with Gasteiger partial charge in [0.2, 0.25) is 0 Å². The molecule has 0 aliphatic heterocycles. The number of rotatable bonds is 6. The molecule has 116 valence electrons. The summed E-state index contributed by atoms with van der Waals surface area (Å²) in [5.74, 6) is -1.43. The Morgan fingerprint density at radius 2 is 2.14 bits per heavy atom. The molecule has 0 aliphatic carbocycles. The van der Waals surface area contributed by atoms with Crippen molar-refractivity contribution < 1.29 is 14.7 Å². The topological polar surface area (TPSA) is 112 Å². The van der Waals surface area contributed by atoms with Gasteiger partial charge in [0.15, 0.2) is 5.82 Å². The number of fused-ring (bicyclic) bond motifs is 1. The molecule has 7 nitrogen and oxygen atoms in total. The molecule has 1 amide bonds. The van der Waals surface area contributed by atoms with E-state index in [0.717, 1.165) is 0 Å². The highest BCUT2D eigenvalue weighted by atomic mass is 32.2. The molecule has 22 heavy (non-hydrogen) atoms. The van der Waals surface area contributed by atoms with Crippen molar-refractivity contribution in [3.63, 3.8) is 0 Å². The number of carboxylic acids is 1. The number of carbonyl (C=O) groups excluding carboxylic acids is 1. The number of aromatic nitrogens is 2. The van der Waals surface area contributed by atoms with Crippen molar-refractivity contribution in [3.05, 3.63) is 40.4 Å². The molecule has 0 saturated carbocycles. The zero-order chi connectivity index (χ0) is 16.1. The standard InChI is InChI=1S/C14H15N3O4S/c1-22-7-6-10(14(20)21)16-13(19)11-15-9-5-3-2-4-8(9)12(18)17-11/h2-5,10H,6-7H2,1H3,(H,16,19)(H,20,21)(H,15,17,18)/t10-/m1/s1. The fourth-order valence-corrected chi connectivity index (χ4v) is 2.39. The molecule has 1 aromatic carbocycles. The number of para-hydroxylation sites is 1. The third-order valence-corrected chi connectivity index (χ3v) is 3.69. The second kappa shape index (κ2) is 7.08. The average molecular weight is 321 g/mol. The number of H-pyrrole nitrogens is 1. The van der Waals surface area contributed by atoms with Crippen LogP contribution < -0.4 is 10.9 Å². The molecule has 1 aromatic heterocycles. The molecule has 8 heteroatoms. The van der Waals surface area contributed by atoms with Gasteiger partial charge in [0, 0.05) is 0 Å². The summed E-state index contributed by atoms with van der Waals surface area (Å²) in [6.07, 6.45) is 2.14. The molecule has 1 atom stereocenters. The number of hydrogen-bond acceptors (Lipinski definition) is 5. The Bertz CT molecular complexity index is 759. The number of amides is 1. The van der Waals surface area contributed by atoms with E-state index in [1.807, 2.05) is 6.26 Å². The Morgan fingerprint density at radius 1 is 1.41 bits per heavy atom. The van der Waals surface area contributed by atoms with Gasteiger partial charge in [-0.05, 0) is 30.6 Å². The third-order valence-electron chi connectivity index (χ3n) is 3.04. The highest BCUT2D eigenvalue weighted by molar-refractivity contribution is 7.98. The predicted octanol–water partition coefficient (Wildman–Crippen LogP) is 0.859. The van der Waals surface area contributed by atoms with E-state index in [1.165, 1.54) is 11.8 Å². The fourth-order valence-electron chi connectivity index (χ4n) is 1.91. The minimum Gasteiger partial charge on any atom is -0.480 e. The SMILES string of the molecule is CSCC[C@@H](NC(=O)c1nc2ccccc2c(=O)[nH]1)C(=O)O. The van der Waals surface area contributed by atoms with Crippen LogP contribution in [0.25, 0.3) is 10.9 Å². The first-order valence-electron chi connectivity index (χ1n) is 6.54. The number of thioether (sulfide) groups is 1. The molecular formula is C14H15N3O4S. The van der Waals surface area contributed by atoms with Crippen molar-refractivity contribution in [2.75, 3.05) is 12.0 Å². The molecule has 0 unspecified atom stereocenters. The van der Waals surface area contributed by atoms with Gasteiger partial charge in [-0.3, -0.25) is 9.59 Å². The van der Waals surface area contributed by atoms with Gasteiger partial charge in [-0.15, -0.1) is 0 Å². The first-order valence-corrected chi connectivity index (χ1v) is 7.94. The van der Waals surface area contributed by atoms with Crippen molar-refractivity contribution >= 4 is 34.5 Å². The molecule has 3 N–H and O–H groups in total. The van der Waals surface area contributed by atoms with E-state index in [2.05, 4.69) is 15.3 Å². The second-order valence-corrected chi connectivity index (χ2v) is 5.56. The van der Waals surface area contributed by atoms with Crippen molar-refractivity contribution in [1.82, 2.24) is 15.3 Å². The zero-order valence-corrected chi connectivity index (χ0v) is 12.6. The van der Waals surface area contributed by atoms with Gasteiger partial charge in [-0.2, -0.15) is 11.8 Å². The van der Waals surface area contributed by atoms with Crippen LogP contribution >= 0.6 is 11.8 Å². The van der Waals surface area contributed by atoms with Gasteiger partial charge in [-0.1, -0.05) is 12.1 Å². The van der Waals surface area contributed by atoms with Gasteiger partial charge in [0.25, 0.3) is 11.5 Å². The van der Waals surface area contributed by atoms with Crippen LogP contribution in [0.5, 0.6) is 0 Å². The predicted molar refractivity (Wildman–Crippen MR) is 84.3 cm³/mol. The lowest BCUT2D eigenvalue weighted by atomic mass is 10.2. The Kier molecular flexibility index (Phi) is 5.16. The maximum Gasteiger partial charge on any atom is 0.326 e. The Labute approximate surface area is 130 Å². The Morgan fingerprint density at radius 3 is 2.82 bits per heavy atom. The van der Waals surface area contributed by atoms with Crippen LogP contribution in [0.4, 0.5) is 0 Å². The highest BCUT2D eigenvalue weighted by Crippen LogP contribution is 2.06. The number of carboxylic acid groups (broad SMARTS) is 1. The van der Waals surface area contributed by atoms with E-state index in [-0.39, 0.29) is 5.82 Å². The largest absolute Gasteiger partial charge is 0.480 e. The van der Waals surface area contributed by atoms with E-state index in [9.17, 15) is 14.4 Å². The normalized spacial score (nSPS) is 12.0. The van der Waals surface area contributed by atoms with Crippen LogP contribution in [0.1, 0.15) is 17.0 Å². The first kappa shape index (κ1) is 16.0. The van der Waals surface area contributed by atoms with Crippen molar-refractivity contribution in [1.29, 1.82) is 0 Å². The minimum absolute atomic E-state index is 0.195. The summed E-state index contributed by atoms with van der Waals surface area (Å²) >= 11 is 1.49. The molecule has 0 bridgehead atoms. The maximum absolute atomic E-state index is 12.1. The number of hydrogen-bond donors (Lipinski definition) is 3. The first-order chi connectivity index (χ1) is 10.5. The number of nitrogens with one attached hydrogen (secondary N) is 2. The molecular weight excluding hydrogens is 306 g/mol. The summed E-state index contributed by atoms with van der Waals surface area (Å²) in [6.45, 7) is 0. The van der Waals surface area contributed by atoms with Crippen LogP contribution in [-0.4, -0.2) is 45.0 Å². The lowest BCUT2D eigenvalue weighted by molar-refractivity contribution is -0.139. The van der Waals surface area contributed by atoms with E-state index in [4.69, 9.17) is 5.11 Å². The minimum atomic E-state index is -1.12. The molecule has 0 fully saturated rings. The van der Waals surface area contributed by atoms with Crippen LogP contribution in [0.15, 0.2) is 29.1 Å². The van der Waals surface area contributed by atoms with Gasteiger partial charge < -0.3 is 15.4 Å². The number of carbonyl (C=O) groups is 2. The average Bonchev–Trinajstić information content (AvgIpc) is 2.50. The molecule has 2 aromatic rings. The van der Waals surface area contributed by atoms with Crippen LogP contribution in [0.3, 0.4) is 0 Å². The van der Waals surface area contributed by atoms with E-state index in [1.54, 1.807) is 24.3 Å². The molecule has 0 radical (unpaired) electrons. The summed E-state index contributed by atoms with van der Waals surface area (Å²) in [5, 5.41) is 11.9. The van der Waals surface area contributed by atoms with E-state index in [0.29, 0.717) is 23.1 Å². The second-order valence-electron chi connectivity index (χ2n) is 4.58. The lowest BCUT2D eigenvalue weighted by Gasteiger charge is -2.13. The van der Waals surface area contributed by atoms with E-state index >= 15 is 0 Å². The smallest absolute Gasteiger partial charge is 0.326 e. The lowest BCUT2D eigenvalue weighted by Crippen LogP contribution is -2.42. The van der Waals surface area contributed by atoms with Crippen molar-refractivity contribution in [2.24, 2.45) is 0 Å². The van der Waals surface area contributed by atoms with Gasteiger partial charge in [-0.25, -0.2) is 9.78 Å². The zero-order valence-electron chi connectivity index (χ0n) is 11.8. The van der Waals surface area contributed by atoms with E-state index < -0.39 is 23.5 Å². The number of aliphatic carboxylic acids is 1. The van der Waals surface area contributed by atoms with Crippen molar-refractivity contribution in [2.45, 2.75) is 12.5 Å². The van der Waals surface area contributed by atoms with Crippen LogP contribution in [0, 0.1) is 0 Å². The summed E-state index contributed by atoms with van der Waals surface area (Å²) in [5.41, 5.74) is -0.0564. The Hall–Kier alpha value is -2.35. The summed E-state index contributed by atoms with van der Waals surface area (Å²) in [6, 6.07) is 5.60. The third kappa shape index (κ3) is 3.64. The quantitative estimate of drug-likeness (QED) is 0.727. The maximum atomic E-state index is 12.1. The number of aromatic amines is 1. The number of benzene rings is 1. The summed E-state index contributed by atoms with van der Waals surface area (Å²) in [7, 11) is 0. The Balaban J connectivity index is 2.25. The summed E-state index contributed by atoms with van der Waals surface area (Å²) in [4.78, 5) is 41.6. The molecule has 0 saturated heterocycles. The molecule has 2 rings (SSSR count). The molecule has 0 spiro atoms. The number of nitrogens with zero attached hydrogens (tertiary/aromatic N) is 1. The van der Waals surface area contributed by atoms with Gasteiger partial charge in [0.1, 0.15) is 6.04 Å².